The van der Waals surface area contributed by atoms with Gasteiger partial charge in [0, 0.05) is 31.7 Å². The fraction of sp³-hybridized carbons (Fsp3) is 0.923. The van der Waals surface area contributed by atoms with Crippen LogP contribution in [0.15, 0.2) is 0 Å². The zero-order chi connectivity index (χ0) is 13.3. The fourth-order valence-corrected chi connectivity index (χ4v) is 3.16. The summed E-state index contributed by atoms with van der Waals surface area (Å²) in [5, 5.41) is 0. The van der Waals surface area contributed by atoms with E-state index >= 15 is 0 Å². The first-order valence-corrected chi connectivity index (χ1v) is 6.78. The van der Waals surface area contributed by atoms with Crippen LogP contribution >= 0.6 is 0 Å². The van der Waals surface area contributed by atoms with Gasteiger partial charge in [0.1, 0.15) is 5.54 Å². The number of likely N-dealkylation sites (N-methyl/N-ethyl adjacent to an activating group) is 1. The summed E-state index contributed by atoms with van der Waals surface area (Å²) in [4.78, 5) is 16.6. The lowest BCUT2D eigenvalue weighted by Gasteiger charge is -2.41. The van der Waals surface area contributed by atoms with E-state index in [9.17, 15) is 4.79 Å². The lowest BCUT2D eigenvalue weighted by Crippen LogP contribution is -2.54. The molecule has 0 aromatic carbocycles. The van der Waals surface area contributed by atoms with Crippen molar-refractivity contribution in [1.82, 2.24) is 9.80 Å². The van der Waals surface area contributed by atoms with E-state index in [1.165, 1.54) is 7.11 Å². The number of esters is 1. The Labute approximate surface area is 109 Å². The van der Waals surface area contributed by atoms with Gasteiger partial charge >= 0.3 is 5.97 Å². The van der Waals surface area contributed by atoms with Crippen LogP contribution in [-0.4, -0.2) is 67.2 Å². The number of hydrogen-bond acceptors (Lipinski definition) is 5. The van der Waals surface area contributed by atoms with Crippen molar-refractivity contribution in [1.29, 1.82) is 0 Å². The van der Waals surface area contributed by atoms with Crippen molar-refractivity contribution in [3.8, 4) is 0 Å². The minimum Gasteiger partial charge on any atom is -0.468 e. The summed E-state index contributed by atoms with van der Waals surface area (Å²) in [6.07, 6.45) is 2.48. The SMILES string of the molecule is COC(=O)C1(N)CCC(N2CCN(C)C(C)C2)C1. The molecule has 5 nitrogen and oxygen atoms in total. The first kappa shape index (κ1) is 13.8. The first-order chi connectivity index (χ1) is 8.46. The maximum absolute atomic E-state index is 11.7. The third kappa shape index (κ3) is 2.53. The minimum absolute atomic E-state index is 0.257. The zero-order valence-electron chi connectivity index (χ0n) is 11.7. The van der Waals surface area contributed by atoms with Gasteiger partial charge in [-0.3, -0.25) is 9.69 Å². The summed E-state index contributed by atoms with van der Waals surface area (Å²) in [6.45, 7) is 5.48. The molecule has 18 heavy (non-hydrogen) atoms. The van der Waals surface area contributed by atoms with Crippen LogP contribution in [0.25, 0.3) is 0 Å². The lowest BCUT2D eigenvalue weighted by atomic mass is 9.99. The van der Waals surface area contributed by atoms with E-state index < -0.39 is 5.54 Å². The van der Waals surface area contributed by atoms with Crippen molar-refractivity contribution in [2.75, 3.05) is 33.8 Å². The van der Waals surface area contributed by atoms with Gasteiger partial charge in [-0.2, -0.15) is 0 Å². The summed E-state index contributed by atoms with van der Waals surface area (Å²) in [6, 6.07) is 1.01. The third-order valence-corrected chi connectivity index (χ3v) is 4.62. The molecule has 0 aromatic heterocycles. The smallest absolute Gasteiger partial charge is 0.325 e. The molecular weight excluding hydrogens is 230 g/mol. The molecule has 1 aliphatic carbocycles. The molecule has 1 saturated carbocycles. The predicted molar refractivity (Wildman–Crippen MR) is 70.2 cm³/mol. The maximum Gasteiger partial charge on any atom is 0.325 e. The van der Waals surface area contributed by atoms with Crippen molar-refractivity contribution in [2.24, 2.45) is 5.73 Å². The topological polar surface area (TPSA) is 58.8 Å². The van der Waals surface area contributed by atoms with Crippen LogP contribution < -0.4 is 5.73 Å². The molecule has 1 saturated heterocycles. The van der Waals surface area contributed by atoms with E-state index in [1.54, 1.807) is 0 Å². The largest absolute Gasteiger partial charge is 0.468 e. The highest BCUT2D eigenvalue weighted by Gasteiger charge is 2.45. The standard InChI is InChI=1S/C13H25N3O2/c1-10-9-16(7-6-15(10)2)11-4-5-13(14,8-11)12(17)18-3/h10-11H,4-9,14H2,1-3H3. The zero-order valence-corrected chi connectivity index (χ0v) is 11.7. The van der Waals surface area contributed by atoms with E-state index in [4.69, 9.17) is 10.5 Å². The molecule has 2 aliphatic rings. The average molecular weight is 255 g/mol. The maximum atomic E-state index is 11.7. The Morgan fingerprint density at radius 3 is 2.78 bits per heavy atom. The Balaban J connectivity index is 1.95. The number of ether oxygens (including phenoxy) is 1. The number of carbonyl (C=O) groups is 1. The van der Waals surface area contributed by atoms with Crippen LogP contribution in [0.1, 0.15) is 26.2 Å². The first-order valence-electron chi connectivity index (χ1n) is 6.78. The van der Waals surface area contributed by atoms with Gasteiger partial charge in [0.25, 0.3) is 0 Å². The molecule has 0 spiro atoms. The van der Waals surface area contributed by atoms with Crippen molar-refractivity contribution >= 4 is 5.97 Å². The average Bonchev–Trinajstić information content (AvgIpc) is 2.76. The number of piperazine rings is 1. The van der Waals surface area contributed by atoms with Gasteiger partial charge in [-0.05, 0) is 33.2 Å². The Morgan fingerprint density at radius 2 is 2.17 bits per heavy atom. The fourth-order valence-electron chi connectivity index (χ4n) is 3.16. The van der Waals surface area contributed by atoms with E-state index in [2.05, 4.69) is 23.8 Å². The summed E-state index contributed by atoms with van der Waals surface area (Å²) >= 11 is 0. The van der Waals surface area contributed by atoms with Crippen molar-refractivity contribution in [3.63, 3.8) is 0 Å². The monoisotopic (exact) mass is 255 g/mol. The molecule has 3 atom stereocenters. The molecule has 3 unspecified atom stereocenters. The van der Waals surface area contributed by atoms with Crippen LogP contribution in [0.2, 0.25) is 0 Å². The summed E-state index contributed by atoms with van der Waals surface area (Å²) in [5.74, 6) is -0.257. The molecule has 2 rings (SSSR count). The van der Waals surface area contributed by atoms with Gasteiger partial charge in [0.2, 0.25) is 0 Å². The van der Waals surface area contributed by atoms with Gasteiger partial charge in [-0.25, -0.2) is 0 Å². The van der Waals surface area contributed by atoms with Crippen LogP contribution in [0.5, 0.6) is 0 Å². The molecular formula is C13H25N3O2. The molecule has 2 N–H and O–H groups in total. The van der Waals surface area contributed by atoms with Crippen LogP contribution in [0.3, 0.4) is 0 Å². The predicted octanol–water partition coefficient (Wildman–Crippen LogP) is 0.0453. The number of nitrogens with zero attached hydrogens (tertiary/aromatic N) is 2. The number of rotatable bonds is 2. The van der Waals surface area contributed by atoms with E-state index in [0.29, 0.717) is 12.1 Å². The van der Waals surface area contributed by atoms with Crippen LogP contribution in [0.4, 0.5) is 0 Å². The quantitative estimate of drug-likeness (QED) is 0.706. The second-order valence-corrected chi connectivity index (χ2v) is 5.87. The Morgan fingerprint density at radius 1 is 1.44 bits per heavy atom. The highest BCUT2D eigenvalue weighted by Crippen LogP contribution is 2.33. The number of nitrogens with two attached hydrogens (primary N) is 1. The molecule has 5 heteroatoms. The van der Waals surface area contributed by atoms with Gasteiger partial charge in [0.15, 0.2) is 0 Å². The third-order valence-electron chi connectivity index (χ3n) is 4.62. The van der Waals surface area contributed by atoms with Gasteiger partial charge in [-0.15, -0.1) is 0 Å². The number of hydrogen-bond donors (Lipinski definition) is 1. The van der Waals surface area contributed by atoms with E-state index in [0.717, 1.165) is 38.9 Å². The van der Waals surface area contributed by atoms with Crippen molar-refractivity contribution in [2.45, 2.75) is 43.8 Å². The van der Waals surface area contributed by atoms with Gasteiger partial charge in [0.05, 0.1) is 7.11 Å². The Bertz CT molecular complexity index is 323. The molecule has 1 aliphatic heterocycles. The Hall–Kier alpha value is -0.650. The number of methoxy groups -OCH3 is 1. The summed E-state index contributed by atoms with van der Waals surface area (Å²) < 4.78 is 4.82. The molecule has 0 bridgehead atoms. The lowest BCUT2D eigenvalue weighted by molar-refractivity contribution is -0.147. The van der Waals surface area contributed by atoms with Crippen LogP contribution in [0, 0.1) is 0 Å². The van der Waals surface area contributed by atoms with Crippen LogP contribution in [-0.2, 0) is 9.53 Å². The summed E-state index contributed by atoms with van der Waals surface area (Å²) in [5.41, 5.74) is 5.40. The van der Waals surface area contributed by atoms with Gasteiger partial charge in [-0.1, -0.05) is 0 Å². The van der Waals surface area contributed by atoms with Crippen molar-refractivity contribution < 1.29 is 9.53 Å². The van der Waals surface area contributed by atoms with E-state index in [-0.39, 0.29) is 5.97 Å². The summed E-state index contributed by atoms with van der Waals surface area (Å²) in [7, 11) is 3.58. The van der Waals surface area contributed by atoms with Gasteiger partial charge < -0.3 is 15.4 Å². The molecule has 0 amide bonds. The Kier molecular flexibility index (Phi) is 3.94. The minimum atomic E-state index is -0.758. The van der Waals surface area contributed by atoms with Crippen molar-refractivity contribution in [3.05, 3.63) is 0 Å². The normalized spacial score (nSPS) is 38.9. The second kappa shape index (κ2) is 5.15. The number of carbonyl (C=O) groups excluding carboxylic acids is 1. The molecule has 0 radical (unpaired) electrons. The second-order valence-electron chi connectivity index (χ2n) is 5.87. The van der Waals surface area contributed by atoms with E-state index in [1.807, 2.05) is 0 Å². The highest BCUT2D eigenvalue weighted by atomic mass is 16.5. The molecule has 0 aromatic rings. The highest BCUT2D eigenvalue weighted by molar-refractivity contribution is 5.81. The molecule has 2 fully saturated rings. The molecule has 104 valence electrons. The molecule has 1 heterocycles.